The molecule has 1 fully saturated rings. The number of rotatable bonds is 1. The minimum Gasteiger partial charge on any atom is -0.383 e. The summed E-state index contributed by atoms with van der Waals surface area (Å²) in [6.07, 6.45) is 4.12. The monoisotopic (exact) mass is 191 g/mol. The van der Waals surface area contributed by atoms with E-state index >= 15 is 0 Å². The van der Waals surface area contributed by atoms with Gasteiger partial charge in [-0.15, -0.1) is 11.3 Å². The molecule has 3 nitrogen and oxygen atoms in total. The van der Waals surface area contributed by atoms with Crippen LogP contribution in [0.15, 0.2) is 11.7 Å². The number of hydrogen-bond acceptors (Lipinski definition) is 4. The van der Waals surface area contributed by atoms with Crippen LogP contribution in [-0.4, -0.2) is 9.97 Å². The molecule has 2 heterocycles. The van der Waals surface area contributed by atoms with Crippen LogP contribution < -0.4 is 5.73 Å². The molecule has 66 valence electrons. The van der Waals surface area contributed by atoms with E-state index in [9.17, 15) is 0 Å². The fourth-order valence-corrected chi connectivity index (χ4v) is 2.61. The van der Waals surface area contributed by atoms with E-state index in [1.807, 2.05) is 0 Å². The molecule has 0 amide bonds. The highest BCUT2D eigenvalue weighted by Gasteiger charge is 2.27. The third kappa shape index (κ3) is 1.02. The molecule has 0 aliphatic heterocycles. The van der Waals surface area contributed by atoms with Crippen LogP contribution in [0.1, 0.15) is 24.3 Å². The molecule has 0 unspecified atom stereocenters. The summed E-state index contributed by atoms with van der Waals surface area (Å²) in [7, 11) is 0. The lowest BCUT2D eigenvalue weighted by molar-refractivity contribution is 1.15. The normalized spacial score (nSPS) is 16.6. The molecule has 1 aliphatic rings. The number of aromatic nitrogens is 2. The molecule has 0 atom stereocenters. The minimum absolute atomic E-state index is 0.633. The Bertz CT molecular complexity index is 459. The van der Waals surface area contributed by atoms with Crippen LogP contribution in [-0.2, 0) is 0 Å². The Morgan fingerprint density at radius 2 is 2.23 bits per heavy atom. The van der Waals surface area contributed by atoms with Gasteiger partial charge < -0.3 is 5.73 Å². The summed E-state index contributed by atoms with van der Waals surface area (Å²) in [6.45, 7) is 0. The van der Waals surface area contributed by atoms with Crippen molar-refractivity contribution >= 4 is 27.4 Å². The van der Waals surface area contributed by atoms with Crippen molar-refractivity contribution in [1.29, 1.82) is 0 Å². The SMILES string of the molecule is Nc1ncnc2scc(C3CC3)c12. The Morgan fingerprint density at radius 3 is 3.00 bits per heavy atom. The van der Waals surface area contributed by atoms with Gasteiger partial charge in [-0.2, -0.15) is 0 Å². The Hall–Kier alpha value is -1.16. The lowest BCUT2D eigenvalue weighted by atomic mass is 10.1. The average molecular weight is 191 g/mol. The van der Waals surface area contributed by atoms with E-state index in [1.165, 1.54) is 24.7 Å². The summed E-state index contributed by atoms with van der Waals surface area (Å²) in [6, 6.07) is 0. The second-order valence-corrected chi connectivity index (χ2v) is 4.26. The number of hydrogen-bond donors (Lipinski definition) is 1. The third-order valence-corrected chi connectivity index (χ3v) is 3.35. The molecule has 0 bridgehead atoms. The molecule has 2 N–H and O–H groups in total. The van der Waals surface area contributed by atoms with Crippen molar-refractivity contribution in [2.75, 3.05) is 5.73 Å². The van der Waals surface area contributed by atoms with E-state index < -0.39 is 0 Å². The van der Waals surface area contributed by atoms with Gasteiger partial charge in [0.05, 0.1) is 5.39 Å². The van der Waals surface area contributed by atoms with Gasteiger partial charge in [-0.25, -0.2) is 9.97 Å². The standard InChI is InChI=1S/C9H9N3S/c10-8-7-6(5-1-2-5)3-13-9(7)12-4-11-8/h3-5H,1-2H2,(H2,10,11,12). The summed E-state index contributed by atoms with van der Waals surface area (Å²) in [5.74, 6) is 1.36. The maximum absolute atomic E-state index is 5.82. The van der Waals surface area contributed by atoms with E-state index in [1.54, 1.807) is 11.3 Å². The largest absolute Gasteiger partial charge is 0.383 e. The molecule has 2 aromatic rings. The summed E-state index contributed by atoms with van der Waals surface area (Å²) in [4.78, 5) is 9.25. The van der Waals surface area contributed by atoms with E-state index in [2.05, 4.69) is 15.3 Å². The molecule has 0 aromatic carbocycles. The third-order valence-electron chi connectivity index (χ3n) is 2.45. The Balaban J connectivity index is 2.34. The van der Waals surface area contributed by atoms with Crippen LogP contribution >= 0.6 is 11.3 Å². The van der Waals surface area contributed by atoms with Gasteiger partial charge >= 0.3 is 0 Å². The van der Waals surface area contributed by atoms with Crippen LogP contribution in [0.3, 0.4) is 0 Å². The number of thiophene rings is 1. The van der Waals surface area contributed by atoms with Gasteiger partial charge in [-0.05, 0) is 29.7 Å². The zero-order chi connectivity index (χ0) is 8.84. The zero-order valence-electron chi connectivity index (χ0n) is 7.03. The second kappa shape index (κ2) is 2.42. The van der Waals surface area contributed by atoms with Crippen LogP contribution in [0.2, 0.25) is 0 Å². The molecule has 2 aromatic heterocycles. The number of fused-ring (bicyclic) bond motifs is 1. The van der Waals surface area contributed by atoms with Crippen LogP contribution in [0.4, 0.5) is 5.82 Å². The summed E-state index contributed by atoms with van der Waals surface area (Å²) < 4.78 is 0. The first kappa shape index (κ1) is 7.26. The molecule has 3 rings (SSSR count). The summed E-state index contributed by atoms with van der Waals surface area (Å²) in [5, 5.41) is 3.27. The topological polar surface area (TPSA) is 51.8 Å². The van der Waals surface area contributed by atoms with Crippen molar-refractivity contribution in [3.8, 4) is 0 Å². The van der Waals surface area contributed by atoms with Crippen LogP contribution in [0, 0.1) is 0 Å². The predicted molar refractivity (Wildman–Crippen MR) is 53.8 cm³/mol. The van der Waals surface area contributed by atoms with Crippen LogP contribution in [0.5, 0.6) is 0 Å². The maximum Gasteiger partial charge on any atom is 0.135 e. The van der Waals surface area contributed by atoms with Gasteiger partial charge in [0.15, 0.2) is 0 Å². The number of nitrogen functional groups attached to an aromatic ring is 1. The molecule has 0 saturated heterocycles. The van der Waals surface area contributed by atoms with E-state index in [4.69, 9.17) is 5.73 Å². The molecule has 1 aliphatic carbocycles. The van der Waals surface area contributed by atoms with Crippen molar-refractivity contribution in [2.45, 2.75) is 18.8 Å². The fourth-order valence-electron chi connectivity index (χ4n) is 1.62. The van der Waals surface area contributed by atoms with Gasteiger partial charge in [0, 0.05) is 0 Å². The number of nitrogens with zero attached hydrogens (tertiary/aromatic N) is 2. The van der Waals surface area contributed by atoms with Crippen molar-refractivity contribution in [2.24, 2.45) is 0 Å². The Labute approximate surface area is 79.6 Å². The molecule has 4 heteroatoms. The molecule has 1 saturated carbocycles. The van der Waals surface area contributed by atoms with Crippen LogP contribution in [0.25, 0.3) is 10.2 Å². The predicted octanol–water partition coefficient (Wildman–Crippen LogP) is 2.15. The van der Waals surface area contributed by atoms with E-state index in [-0.39, 0.29) is 0 Å². The zero-order valence-corrected chi connectivity index (χ0v) is 7.84. The molecular weight excluding hydrogens is 182 g/mol. The van der Waals surface area contributed by atoms with Gasteiger partial charge in [-0.3, -0.25) is 0 Å². The summed E-state index contributed by atoms with van der Waals surface area (Å²) in [5.41, 5.74) is 7.18. The van der Waals surface area contributed by atoms with E-state index in [0.29, 0.717) is 5.82 Å². The van der Waals surface area contributed by atoms with Crippen molar-refractivity contribution < 1.29 is 0 Å². The molecule has 0 radical (unpaired) electrons. The van der Waals surface area contributed by atoms with Gasteiger partial charge in [0.1, 0.15) is 17.0 Å². The average Bonchev–Trinajstić information content (AvgIpc) is 2.87. The van der Waals surface area contributed by atoms with E-state index in [0.717, 1.165) is 16.1 Å². The fraction of sp³-hybridized carbons (Fsp3) is 0.333. The highest BCUT2D eigenvalue weighted by Crippen LogP contribution is 2.45. The minimum atomic E-state index is 0.633. The van der Waals surface area contributed by atoms with Crippen molar-refractivity contribution in [1.82, 2.24) is 9.97 Å². The Morgan fingerprint density at radius 1 is 1.38 bits per heavy atom. The Kier molecular flexibility index (Phi) is 1.35. The van der Waals surface area contributed by atoms with Crippen molar-refractivity contribution in [3.05, 3.63) is 17.3 Å². The maximum atomic E-state index is 5.82. The highest BCUT2D eigenvalue weighted by molar-refractivity contribution is 7.17. The first-order valence-electron chi connectivity index (χ1n) is 4.34. The highest BCUT2D eigenvalue weighted by atomic mass is 32.1. The number of nitrogens with two attached hydrogens (primary N) is 1. The van der Waals surface area contributed by atoms with Gasteiger partial charge in [0.25, 0.3) is 0 Å². The first-order valence-corrected chi connectivity index (χ1v) is 5.22. The quantitative estimate of drug-likeness (QED) is 0.751. The summed E-state index contributed by atoms with van der Waals surface area (Å²) >= 11 is 1.67. The van der Waals surface area contributed by atoms with Crippen molar-refractivity contribution in [3.63, 3.8) is 0 Å². The molecular formula is C9H9N3S. The molecule has 0 spiro atoms. The first-order chi connectivity index (χ1) is 6.36. The lowest BCUT2D eigenvalue weighted by Crippen LogP contribution is -1.92. The van der Waals surface area contributed by atoms with Gasteiger partial charge in [-0.1, -0.05) is 0 Å². The lowest BCUT2D eigenvalue weighted by Gasteiger charge is -1.97. The smallest absolute Gasteiger partial charge is 0.135 e. The second-order valence-electron chi connectivity index (χ2n) is 3.40. The molecule has 13 heavy (non-hydrogen) atoms. The van der Waals surface area contributed by atoms with Gasteiger partial charge in [0.2, 0.25) is 0 Å². The number of anilines is 1.